The second-order valence-electron chi connectivity index (χ2n) is 4.19. The van der Waals surface area contributed by atoms with E-state index in [-0.39, 0.29) is 0 Å². The summed E-state index contributed by atoms with van der Waals surface area (Å²) in [6.07, 6.45) is 0. The molecule has 0 aromatic heterocycles. The van der Waals surface area contributed by atoms with Crippen molar-refractivity contribution in [3.05, 3.63) is 11.5 Å². The Morgan fingerprint density at radius 3 is 2.23 bits per heavy atom. The maximum absolute atomic E-state index is 5.70. The van der Waals surface area contributed by atoms with Gasteiger partial charge in [0.05, 0.1) is 5.70 Å². The van der Waals surface area contributed by atoms with Gasteiger partial charge in [-0.05, 0) is 12.8 Å². The lowest BCUT2D eigenvalue weighted by atomic mass is 10.0. The predicted octanol–water partition coefficient (Wildman–Crippen LogP) is 2.82. The molecule has 0 N–H and O–H groups in total. The second kappa shape index (κ2) is 4.03. The highest BCUT2D eigenvalue weighted by Crippen LogP contribution is 2.30. The van der Waals surface area contributed by atoms with Gasteiger partial charge in [-0.15, -0.1) is 0 Å². The first-order valence-electron chi connectivity index (χ1n) is 5.19. The second-order valence-corrected chi connectivity index (χ2v) is 4.19. The summed E-state index contributed by atoms with van der Waals surface area (Å²) in [6.45, 7) is 12.8. The summed E-state index contributed by atoms with van der Waals surface area (Å²) < 4.78 is 5.70. The van der Waals surface area contributed by atoms with Crippen molar-refractivity contribution in [2.75, 3.05) is 13.3 Å². The van der Waals surface area contributed by atoms with Crippen molar-refractivity contribution in [2.45, 2.75) is 34.6 Å². The molecule has 1 rings (SSSR count). The molecule has 0 spiro atoms. The minimum atomic E-state index is 0.508. The fourth-order valence-electron chi connectivity index (χ4n) is 1.82. The number of allylic oxidation sites excluding steroid dienone is 2. The van der Waals surface area contributed by atoms with E-state index in [0.29, 0.717) is 11.8 Å². The first kappa shape index (κ1) is 10.4. The zero-order valence-corrected chi connectivity index (χ0v) is 9.42. The Bertz CT molecular complexity index is 206. The zero-order valence-electron chi connectivity index (χ0n) is 9.42. The highest BCUT2D eigenvalue weighted by atomic mass is 16.5. The minimum Gasteiger partial charge on any atom is -0.475 e. The van der Waals surface area contributed by atoms with Crippen LogP contribution in [0.2, 0.25) is 0 Å². The zero-order chi connectivity index (χ0) is 10.0. The van der Waals surface area contributed by atoms with Gasteiger partial charge in [-0.2, -0.15) is 0 Å². The van der Waals surface area contributed by atoms with Gasteiger partial charge >= 0.3 is 0 Å². The van der Waals surface area contributed by atoms with Crippen LogP contribution in [0.4, 0.5) is 0 Å². The summed E-state index contributed by atoms with van der Waals surface area (Å²) in [6, 6.07) is 0. The fraction of sp³-hybridized carbons (Fsp3) is 0.818. The van der Waals surface area contributed by atoms with Crippen LogP contribution in [0.5, 0.6) is 0 Å². The van der Waals surface area contributed by atoms with Crippen LogP contribution in [0.25, 0.3) is 0 Å². The lowest BCUT2D eigenvalue weighted by Crippen LogP contribution is -2.22. The number of ether oxygens (including phenoxy) is 1. The number of hydrogen-bond acceptors (Lipinski definition) is 2. The van der Waals surface area contributed by atoms with Crippen molar-refractivity contribution >= 4 is 0 Å². The Labute approximate surface area is 81.6 Å². The molecule has 0 aromatic rings. The molecule has 0 aromatic carbocycles. The molecule has 0 saturated carbocycles. The van der Waals surface area contributed by atoms with Crippen LogP contribution in [0.3, 0.4) is 0 Å². The largest absolute Gasteiger partial charge is 0.475 e. The van der Waals surface area contributed by atoms with Crippen molar-refractivity contribution in [1.82, 2.24) is 4.90 Å². The summed E-state index contributed by atoms with van der Waals surface area (Å²) in [5.41, 5.74) is 1.40. The molecule has 1 heterocycles. The van der Waals surface area contributed by atoms with E-state index in [0.717, 1.165) is 13.3 Å². The van der Waals surface area contributed by atoms with Crippen LogP contribution in [0.1, 0.15) is 34.6 Å². The van der Waals surface area contributed by atoms with Crippen LogP contribution in [0, 0.1) is 11.8 Å². The molecular formula is C11H21NO. The molecule has 0 aliphatic carbocycles. The third-order valence-corrected chi connectivity index (χ3v) is 2.42. The van der Waals surface area contributed by atoms with Gasteiger partial charge in [0.25, 0.3) is 0 Å². The van der Waals surface area contributed by atoms with E-state index in [9.17, 15) is 0 Å². The topological polar surface area (TPSA) is 12.5 Å². The maximum atomic E-state index is 5.70. The van der Waals surface area contributed by atoms with E-state index < -0.39 is 0 Å². The molecule has 2 nitrogen and oxygen atoms in total. The van der Waals surface area contributed by atoms with Crippen molar-refractivity contribution in [3.63, 3.8) is 0 Å². The van der Waals surface area contributed by atoms with Gasteiger partial charge in [0.2, 0.25) is 0 Å². The highest BCUT2D eigenvalue weighted by molar-refractivity contribution is 5.15. The third-order valence-electron chi connectivity index (χ3n) is 2.42. The lowest BCUT2D eigenvalue weighted by Gasteiger charge is -2.20. The van der Waals surface area contributed by atoms with E-state index in [1.807, 2.05) is 0 Å². The summed E-state index contributed by atoms with van der Waals surface area (Å²) in [5, 5.41) is 0. The quantitative estimate of drug-likeness (QED) is 0.667. The summed E-state index contributed by atoms with van der Waals surface area (Å²) in [5.74, 6) is 2.27. The van der Waals surface area contributed by atoms with E-state index in [1.165, 1.54) is 11.5 Å². The SMILES string of the molecule is CCN1COC(C(C)C)=C1C(C)C. The van der Waals surface area contributed by atoms with E-state index in [2.05, 4.69) is 39.5 Å². The molecule has 0 bridgehead atoms. The van der Waals surface area contributed by atoms with Crippen LogP contribution in [-0.2, 0) is 4.74 Å². The Morgan fingerprint density at radius 1 is 1.23 bits per heavy atom. The minimum absolute atomic E-state index is 0.508. The van der Waals surface area contributed by atoms with Crippen LogP contribution < -0.4 is 0 Å². The molecule has 0 unspecified atom stereocenters. The van der Waals surface area contributed by atoms with Gasteiger partial charge in [-0.3, -0.25) is 0 Å². The Hall–Kier alpha value is -0.660. The molecule has 13 heavy (non-hydrogen) atoms. The summed E-state index contributed by atoms with van der Waals surface area (Å²) in [7, 11) is 0. The van der Waals surface area contributed by atoms with Crippen molar-refractivity contribution in [2.24, 2.45) is 11.8 Å². The highest BCUT2D eigenvalue weighted by Gasteiger charge is 2.26. The molecule has 0 fully saturated rings. The van der Waals surface area contributed by atoms with Gasteiger partial charge < -0.3 is 9.64 Å². The first-order chi connectivity index (χ1) is 6.07. The van der Waals surface area contributed by atoms with Crippen LogP contribution in [0.15, 0.2) is 11.5 Å². The van der Waals surface area contributed by atoms with Crippen molar-refractivity contribution < 1.29 is 4.74 Å². The van der Waals surface area contributed by atoms with Crippen LogP contribution >= 0.6 is 0 Å². The third kappa shape index (κ3) is 1.98. The standard InChI is InChI=1S/C11H21NO/c1-6-12-7-13-11(9(4)5)10(12)8(2)3/h8-9H,6-7H2,1-5H3. The maximum Gasteiger partial charge on any atom is 0.160 e. The predicted molar refractivity (Wildman–Crippen MR) is 55.0 cm³/mol. The molecule has 2 heteroatoms. The Kier molecular flexibility index (Phi) is 3.23. The van der Waals surface area contributed by atoms with Gasteiger partial charge in [0.1, 0.15) is 5.76 Å². The van der Waals surface area contributed by atoms with Gasteiger partial charge in [0, 0.05) is 12.5 Å². The Balaban J connectivity index is 2.91. The van der Waals surface area contributed by atoms with Gasteiger partial charge in [-0.25, -0.2) is 0 Å². The molecule has 0 atom stereocenters. The number of nitrogens with zero attached hydrogens (tertiary/aromatic N) is 1. The number of hydrogen-bond donors (Lipinski definition) is 0. The summed E-state index contributed by atoms with van der Waals surface area (Å²) in [4.78, 5) is 2.32. The van der Waals surface area contributed by atoms with Gasteiger partial charge in [0.15, 0.2) is 6.73 Å². The average Bonchev–Trinajstić information content (AvgIpc) is 2.46. The fourth-order valence-corrected chi connectivity index (χ4v) is 1.82. The molecular weight excluding hydrogens is 162 g/mol. The molecule has 0 saturated heterocycles. The van der Waals surface area contributed by atoms with Gasteiger partial charge in [-0.1, -0.05) is 27.7 Å². The van der Waals surface area contributed by atoms with Crippen molar-refractivity contribution in [3.8, 4) is 0 Å². The molecule has 0 radical (unpaired) electrons. The van der Waals surface area contributed by atoms with Crippen LogP contribution in [-0.4, -0.2) is 18.2 Å². The Morgan fingerprint density at radius 2 is 1.85 bits per heavy atom. The lowest BCUT2D eigenvalue weighted by molar-refractivity contribution is 0.138. The summed E-state index contributed by atoms with van der Waals surface area (Å²) >= 11 is 0. The van der Waals surface area contributed by atoms with E-state index >= 15 is 0 Å². The first-order valence-corrected chi connectivity index (χ1v) is 5.19. The van der Waals surface area contributed by atoms with E-state index in [4.69, 9.17) is 4.74 Å². The molecule has 76 valence electrons. The number of rotatable bonds is 3. The van der Waals surface area contributed by atoms with Crippen molar-refractivity contribution in [1.29, 1.82) is 0 Å². The smallest absolute Gasteiger partial charge is 0.160 e. The van der Waals surface area contributed by atoms with E-state index in [1.54, 1.807) is 0 Å². The molecule has 1 aliphatic rings. The average molecular weight is 183 g/mol. The normalized spacial score (nSPS) is 17.6. The monoisotopic (exact) mass is 183 g/mol. The molecule has 1 aliphatic heterocycles. The molecule has 0 amide bonds.